The van der Waals surface area contributed by atoms with Crippen molar-refractivity contribution in [2.45, 2.75) is 12.6 Å². The molecule has 0 spiro atoms. The summed E-state index contributed by atoms with van der Waals surface area (Å²) in [5, 5.41) is 17.5. The number of amides is 3. The lowest BCUT2D eigenvalue weighted by Crippen LogP contribution is -2.61. The van der Waals surface area contributed by atoms with E-state index in [-0.39, 0.29) is 19.6 Å². The number of rotatable bonds is 3. The van der Waals surface area contributed by atoms with Crippen molar-refractivity contribution in [3.05, 3.63) is 18.0 Å². The van der Waals surface area contributed by atoms with Crippen LogP contribution >= 0.6 is 0 Å². The van der Waals surface area contributed by atoms with E-state index in [9.17, 15) is 14.4 Å². The van der Waals surface area contributed by atoms with Gasteiger partial charge < -0.3 is 20.3 Å². The van der Waals surface area contributed by atoms with Gasteiger partial charge in [0, 0.05) is 12.6 Å². The summed E-state index contributed by atoms with van der Waals surface area (Å²) in [6.07, 6.45) is 1.36. The van der Waals surface area contributed by atoms with Gasteiger partial charge in [0.2, 0.25) is 5.91 Å². The smallest absolute Gasteiger partial charge is 0.328 e. The summed E-state index contributed by atoms with van der Waals surface area (Å²) in [6.45, 7) is -0.299. The summed E-state index contributed by atoms with van der Waals surface area (Å²) in [5.74, 6) is -1.56. The van der Waals surface area contributed by atoms with Gasteiger partial charge in [-0.25, -0.2) is 9.59 Å². The van der Waals surface area contributed by atoms with Gasteiger partial charge in [-0.05, 0) is 0 Å². The quantitative estimate of drug-likeness (QED) is 0.630. The van der Waals surface area contributed by atoms with Crippen LogP contribution in [0.1, 0.15) is 5.69 Å². The molecule has 1 fully saturated rings. The third kappa shape index (κ3) is 3.00. The number of piperazine rings is 1. The highest BCUT2D eigenvalue weighted by atomic mass is 16.5. The Hall–Kier alpha value is -2.58. The van der Waals surface area contributed by atoms with Crippen LogP contribution in [0.3, 0.4) is 0 Å². The molecule has 0 bridgehead atoms. The molecule has 0 saturated carbocycles. The number of carbonyl (C=O) groups is 3. The molecule has 2 rings (SSSR count). The van der Waals surface area contributed by atoms with Crippen molar-refractivity contribution in [1.82, 2.24) is 20.7 Å². The van der Waals surface area contributed by atoms with Gasteiger partial charge in [0.05, 0.1) is 6.54 Å². The van der Waals surface area contributed by atoms with Gasteiger partial charge in [-0.15, -0.1) is 0 Å². The molecule has 1 aliphatic heterocycles. The maximum atomic E-state index is 11.9. The number of aliphatic carboxylic acids is 1. The summed E-state index contributed by atoms with van der Waals surface area (Å²) in [5.41, 5.74) is 0.502. The topological polar surface area (TPSA) is 125 Å². The molecule has 1 saturated heterocycles. The first-order chi connectivity index (χ1) is 9.08. The molecule has 0 aliphatic carbocycles. The molecule has 1 unspecified atom stereocenters. The Kier molecular flexibility index (Phi) is 3.64. The van der Waals surface area contributed by atoms with Crippen LogP contribution in [0.2, 0.25) is 0 Å². The van der Waals surface area contributed by atoms with Crippen molar-refractivity contribution in [1.29, 1.82) is 0 Å². The van der Waals surface area contributed by atoms with Gasteiger partial charge in [-0.1, -0.05) is 5.16 Å². The number of nitrogens with one attached hydrogen (secondary N) is 2. The molecule has 9 nitrogen and oxygen atoms in total. The SMILES string of the molecule is O=C1CN(C(=O)NCc2ccon2)C(C(=O)O)CN1. The summed E-state index contributed by atoms with van der Waals surface area (Å²) in [4.78, 5) is 35.1. The summed E-state index contributed by atoms with van der Waals surface area (Å²) in [6, 6.07) is -0.141. The molecule has 3 amide bonds. The summed E-state index contributed by atoms with van der Waals surface area (Å²) in [7, 11) is 0. The fourth-order valence-corrected chi connectivity index (χ4v) is 1.67. The Morgan fingerprint density at radius 3 is 3.05 bits per heavy atom. The molecule has 1 aromatic heterocycles. The van der Waals surface area contributed by atoms with Crippen molar-refractivity contribution in [2.75, 3.05) is 13.1 Å². The number of urea groups is 1. The predicted molar refractivity (Wildman–Crippen MR) is 59.9 cm³/mol. The molecule has 0 radical (unpaired) electrons. The molecule has 1 aromatic rings. The normalized spacial score (nSPS) is 18.8. The number of hydrogen-bond acceptors (Lipinski definition) is 5. The van der Waals surface area contributed by atoms with E-state index >= 15 is 0 Å². The average Bonchev–Trinajstić information content (AvgIpc) is 2.88. The second-order valence-corrected chi connectivity index (χ2v) is 3.94. The van der Waals surface area contributed by atoms with E-state index in [1.54, 1.807) is 6.07 Å². The molecular formula is C10H12N4O5. The van der Waals surface area contributed by atoms with Gasteiger partial charge in [0.25, 0.3) is 0 Å². The van der Waals surface area contributed by atoms with Gasteiger partial charge in [0.1, 0.15) is 24.5 Å². The zero-order chi connectivity index (χ0) is 13.8. The van der Waals surface area contributed by atoms with Gasteiger partial charge in [-0.2, -0.15) is 0 Å². The maximum absolute atomic E-state index is 11.9. The molecule has 2 heterocycles. The minimum atomic E-state index is -1.17. The lowest BCUT2D eigenvalue weighted by atomic mass is 10.2. The van der Waals surface area contributed by atoms with Gasteiger partial charge >= 0.3 is 12.0 Å². The third-order valence-corrected chi connectivity index (χ3v) is 2.64. The summed E-state index contributed by atoms with van der Waals surface area (Å²) < 4.78 is 4.60. The fraction of sp³-hybridized carbons (Fsp3) is 0.400. The molecule has 19 heavy (non-hydrogen) atoms. The van der Waals surface area contributed by atoms with E-state index in [4.69, 9.17) is 5.11 Å². The number of aromatic nitrogens is 1. The average molecular weight is 268 g/mol. The number of carboxylic acids is 1. The Labute approximate surface area is 107 Å². The molecule has 9 heteroatoms. The standard InChI is InChI=1S/C10H12N4O5/c15-8-5-14(7(4-11-8)9(16)17)10(18)12-3-6-1-2-19-13-6/h1-2,7H,3-5H2,(H,11,15)(H,12,18)(H,16,17). The van der Waals surface area contributed by atoms with Crippen LogP contribution in [0.25, 0.3) is 0 Å². The van der Waals surface area contributed by atoms with Crippen molar-refractivity contribution < 1.29 is 24.0 Å². The van der Waals surface area contributed by atoms with Crippen molar-refractivity contribution in [3.8, 4) is 0 Å². The van der Waals surface area contributed by atoms with Crippen molar-refractivity contribution in [2.24, 2.45) is 0 Å². The Bertz CT molecular complexity index is 486. The third-order valence-electron chi connectivity index (χ3n) is 2.64. The first-order valence-electron chi connectivity index (χ1n) is 5.51. The van der Waals surface area contributed by atoms with Gasteiger partial charge in [0.15, 0.2) is 0 Å². The Balaban J connectivity index is 1.98. The van der Waals surface area contributed by atoms with Crippen LogP contribution in [0.15, 0.2) is 16.9 Å². The van der Waals surface area contributed by atoms with E-state index in [0.717, 1.165) is 4.90 Å². The fourth-order valence-electron chi connectivity index (χ4n) is 1.67. The highest BCUT2D eigenvalue weighted by molar-refractivity contribution is 5.90. The van der Waals surface area contributed by atoms with E-state index < -0.39 is 23.9 Å². The monoisotopic (exact) mass is 268 g/mol. The van der Waals surface area contributed by atoms with Crippen LogP contribution < -0.4 is 10.6 Å². The minimum Gasteiger partial charge on any atom is -0.480 e. The van der Waals surface area contributed by atoms with Crippen LogP contribution in [-0.2, 0) is 16.1 Å². The first kappa shape index (κ1) is 12.9. The number of nitrogens with zero attached hydrogens (tertiary/aromatic N) is 2. The highest BCUT2D eigenvalue weighted by Gasteiger charge is 2.35. The molecule has 1 aliphatic rings. The molecule has 102 valence electrons. The molecule has 3 N–H and O–H groups in total. The Morgan fingerprint density at radius 2 is 2.42 bits per heavy atom. The van der Waals surface area contributed by atoms with E-state index in [0.29, 0.717) is 5.69 Å². The largest absolute Gasteiger partial charge is 0.480 e. The molecule has 1 atom stereocenters. The Morgan fingerprint density at radius 1 is 1.63 bits per heavy atom. The lowest BCUT2D eigenvalue weighted by molar-refractivity contribution is -0.144. The van der Waals surface area contributed by atoms with Crippen LogP contribution in [0, 0.1) is 0 Å². The first-order valence-corrected chi connectivity index (χ1v) is 5.51. The molecular weight excluding hydrogens is 256 g/mol. The van der Waals surface area contributed by atoms with Crippen LogP contribution in [0.5, 0.6) is 0 Å². The van der Waals surface area contributed by atoms with E-state index in [2.05, 4.69) is 20.3 Å². The second-order valence-electron chi connectivity index (χ2n) is 3.94. The number of carbonyl (C=O) groups excluding carboxylic acids is 2. The van der Waals surface area contributed by atoms with Crippen LogP contribution in [-0.4, -0.2) is 52.2 Å². The molecule has 0 aromatic carbocycles. The minimum absolute atomic E-state index is 0.0970. The zero-order valence-electron chi connectivity index (χ0n) is 9.83. The second kappa shape index (κ2) is 5.38. The summed E-state index contributed by atoms with van der Waals surface area (Å²) >= 11 is 0. The highest BCUT2D eigenvalue weighted by Crippen LogP contribution is 2.05. The van der Waals surface area contributed by atoms with Crippen LogP contribution in [0.4, 0.5) is 4.79 Å². The lowest BCUT2D eigenvalue weighted by Gasteiger charge is -2.32. The van der Waals surface area contributed by atoms with Gasteiger partial charge in [-0.3, -0.25) is 9.69 Å². The zero-order valence-corrected chi connectivity index (χ0v) is 9.83. The van der Waals surface area contributed by atoms with E-state index in [1.807, 2.05) is 0 Å². The van der Waals surface area contributed by atoms with Crippen molar-refractivity contribution >= 4 is 17.9 Å². The van der Waals surface area contributed by atoms with E-state index in [1.165, 1.54) is 6.26 Å². The van der Waals surface area contributed by atoms with Crippen molar-refractivity contribution in [3.63, 3.8) is 0 Å². The number of carboxylic acid groups (broad SMARTS) is 1. The predicted octanol–water partition coefficient (Wildman–Crippen LogP) is -1.23. The maximum Gasteiger partial charge on any atom is 0.328 e. The number of hydrogen-bond donors (Lipinski definition) is 3.